The van der Waals surface area contributed by atoms with E-state index in [9.17, 15) is 4.79 Å². The number of aliphatic carboxylic acids is 1. The molecule has 6 nitrogen and oxygen atoms in total. The van der Waals surface area contributed by atoms with Gasteiger partial charge < -0.3 is 14.5 Å². The molecule has 0 saturated carbocycles. The van der Waals surface area contributed by atoms with Gasteiger partial charge in [-0.3, -0.25) is 4.79 Å². The number of carboxylic acid groups (broad SMARTS) is 1. The van der Waals surface area contributed by atoms with Crippen LogP contribution in [0, 0.1) is 11.8 Å². The van der Waals surface area contributed by atoms with Crippen molar-refractivity contribution in [2.45, 2.75) is 46.0 Å². The molecular formula is C14H23N3O3. The number of hydrogen-bond donors (Lipinski definition) is 1. The average Bonchev–Trinajstić information content (AvgIpc) is 2.88. The van der Waals surface area contributed by atoms with Gasteiger partial charge in [0.1, 0.15) is 0 Å². The summed E-state index contributed by atoms with van der Waals surface area (Å²) >= 11 is 0. The molecule has 1 aliphatic heterocycles. The number of anilines is 1. The fourth-order valence-corrected chi connectivity index (χ4v) is 2.69. The Hall–Kier alpha value is -1.59. The van der Waals surface area contributed by atoms with E-state index in [2.05, 4.69) is 15.0 Å². The van der Waals surface area contributed by atoms with Crippen molar-refractivity contribution in [1.82, 2.24) is 10.1 Å². The molecule has 1 aromatic rings. The Morgan fingerprint density at radius 3 is 2.55 bits per heavy atom. The summed E-state index contributed by atoms with van der Waals surface area (Å²) in [6, 6.07) is 0.595. The van der Waals surface area contributed by atoms with Gasteiger partial charge in [-0.1, -0.05) is 25.9 Å². The van der Waals surface area contributed by atoms with Crippen molar-refractivity contribution in [3.8, 4) is 0 Å². The molecule has 0 amide bonds. The quantitative estimate of drug-likeness (QED) is 0.893. The number of rotatable bonds is 5. The molecule has 0 radical (unpaired) electrons. The van der Waals surface area contributed by atoms with Gasteiger partial charge >= 0.3 is 12.0 Å². The van der Waals surface area contributed by atoms with Crippen LogP contribution in [0.1, 0.15) is 51.8 Å². The minimum atomic E-state index is -0.710. The van der Waals surface area contributed by atoms with Gasteiger partial charge in [0.2, 0.25) is 0 Å². The van der Waals surface area contributed by atoms with Crippen LogP contribution in [0.25, 0.3) is 0 Å². The molecule has 2 rings (SSSR count). The topological polar surface area (TPSA) is 79.5 Å². The van der Waals surface area contributed by atoms with Gasteiger partial charge in [0.25, 0.3) is 0 Å². The molecule has 1 fully saturated rings. The summed E-state index contributed by atoms with van der Waals surface area (Å²) in [5.41, 5.74) is 0. The van der Waals surface area contributed by atoms with Crippen LogP contribution in [0.3, 0.4) is 0 Å². The molecule has 1 aromatic heterocycles. The number of carbonyl (C=O) groups is 1. The first-order valence-electron chi connectivity index (χ1n) is 7.27. The third-order valence-corrected chi connectivity index (χ3v) is 4.06. The molecule has 0 bridgehead atoms. The lowest BCUT2D eigenvalue weighted by Gasteiger charge is -2.33. The van der Waals surface area contributed by atoms with Crippen LogP contribution in [-0.4, -0.2) is 34.3 Å². The Labute approximate surface area is 119 Å². The summed E-state index contributed by atoms with van der Waals surface area (Å²) in [5, 5.41) is 12.8. The summed E-state index contributed by atoms with van der Waals surface area (Å²) in [4.78, 5) is 17.3. The van der Waals surface area contributed by atoms with Gasteiger partial charge in [-0.25, -0.2) is 0 Å². The van der Waals surface area contributed by atoms with Gasteiger partial charge in [0.15, 0.2) is 5.82 Å². The van der Waals surface area contributed by atoms with Crippen LogP contribution in [-0.2, 0) is 4.79 Å². The standard InChI is InChI=1S/C14H23N3O3/c1-9(2)13-15-14(20-16-13)17-6-4-11(5-7-17)10(3)8-12(18)19/h9-11H,4-8H2,1-3H3,(H,18,19). The van der Waals surface area contributed by atoms with E-state index in [4.69, 9.17) is 9.63 Å². The monoisotopic (exact) mass is 281 g/mol. The van der Waals surface area contributed by atoms with E-state index < -0.39 is 5.97 Å². The highest BCUT2D eigenvalue weighted by atomic mass is 16.5. The van der Waals surface area contributed by atoms with Crippen molar-refractivity contribution in [3.05, 3.63) is 5.82 Å². The first kappa shape index (κ1) is 14.8. The third kappa shape index (κ3) is 3.49. The van der Waals surface area contributed by atoms with Gasteiger partial charge in [-0.05, 0) is 24.7 Å². The molecule has 1 saturated heterocycles. The van der Waals surface area contributed by atoms with Crippen molar-refractivity contribution in [2.24, 2.45) is 11.8 Å². The Balaban J connectivity index is 1.88. The van der Waals surface area contributed by atoms with E-state index in [-0.39, 0.29) is 18.3 Å². The minimum absolute atomic E-state index is 0.226. The van der Waals surface area contributed by atoms with E-state index in [1.54, 1.807) is 0 Å². The second-order valence-electron chi connectivity index (χ2n) is 5.99. The average molecular weight is 281 g/mol. The number of hydrogen-bond acceptors (Lipinski definition) is 5. The van der Waals surface area contributed by atoms with Crippen molar-refractivity contribution >= 4 is 12.0 Å². The third-order valence-electron chi connectivity index (χ3n) is 4.06. The van der Waals surface area contributed by atoms with Crippen LogP contribution in [0.15, 0.2) is 4.52 Å². The van der Waals surface area contributed by atoms with Crippen LogP contribution in [0.2, 0.25) is 0 Å². The molecular weight excluding hydrogens is 258 g/mol. The molecule has 1 aliphatic rings. The summed E-state index contributed by atoms with van der Waals surface area (Å²) in [7, 11) is 0. The highest BCUT2D eigenvalue weighted by Gasteiger charge is 2.27. The van der Waals surface area contributed by atoms with Crippen LogP contribution >= 0.6 is 0 Å². The Morgan fingerprint density at radius 2 is 2.05 bits per heavy atom. The maximum Gasteiger partial charge on any atom is 0.324 e. The smallest absolute Gasteiger partial charge is 0.324 e. The fourth-order valence-electron chi connectivity index (χ4n) is 2.69. The maximum atomic E-state index is 10.8. The van der Waals surface area contributed by atoms with Gasteiger partial charge in [-0.2, -0.15) is 4.98 Å². The number of aromatic nitrogens is 2. The van der Waals surface area contributed by atoms with Crippen molar-refractivity contribution < 1.29 is 14.4 Å². The number of nitrogens with zero attached hydrogens (tertiary/aromatic N) is 3. The van der Waals surface area contributed by atoms with Crippen molar-refractivity contribution in [1.29, 1.82) is 0 Å². The lowest BCUT2D eigenvalue weighted by Crippen LogP contribution is -2.36. The molecule has 112 valence electrons. The zero-order chi connectivity index (χ0) is 14.7. The predicted molar refractivity (Wildman–Crippen MR) is 74.7 cm³/mol. The molecule has 2 heterocycles. The maximum absolute atomic E-state index is 10.8. The lowest BCUT2D eigenvalue weighted by atomic mass is 9.84. The second kappa shape index (κ2) is 6.24. The Morgan fingerprint density at radius 1 is 1.40 bits per heavy atom. The van der Waals surface area contributed by atoms with E-state index in [1.807, 2.05) is 20.8 Å². The van der Waals surface area contributed by atoms with Gasteiger partial charge in [0, 0.05) is 25.4 Å². The zero-order valence-electron chi connectivity index (χ0n) is 12.4. The van der Waals surface area contributed by atoms with Crippen LogP contribution in [0.5, 0.6) is 0 Å². The van der Waals surface area contributed by atoms with Gasteiger partial charge in [-0.15, -0.1) is 0 Å². The van der Waals surface area contributed by atoms with Crippen LogP contribution in [0.4, 0.5) is 6.01 Å². The first-order valence-corrected chi connectivity index (χ1v) is 7.27. The Kier molecular flexibility index (Phi) is 4.62. The normalized spacial score (nSPS) is 18.5. The van der Waals surface area contributed by atoms with E-state index >= 15 is 0 Å². The van der Waals surface area contributed by atoms with E-state index in [1.165, 1.54) is 0 Å². The molecule has 6 heteroatoms. The Bertz CT molecular complexity index is 450. The van der Waals surface area contributed by atoms with E-state index in [0.29, 0.717) is 11.9 Å². The molecule has 1 atom stereocenters. The molecule has 0 aromatic carbocycles. The first-order chi connectivity index (χ1) is 9.47. The summed E-state index contributed by atoms with van der Waals surface area (Å²) in [6.45, 7) is 7.81. The lowest BCUT2D eigenvalue weighted by molar-refractivity contribution is -0.138. The summed E-state index contributed by atoms with van der Waals surface area (Å²) < 4.78 is 5.30. The molecule has 1 N–H and O–H groups in total. The minimum Gasteiger partial charge on any atom is -0.481 e. The highest BCUT2D eigenvalue weighted by Crippen LogP contribution is 2.29. The number of carboxylic acids is 1. The van der Waals surface area contributed by atoms with Crippen molar-refractivity contribution in [2.75, 3.05) is 18.0 Å². The van der Waals surface area contributed by atoms with Gasteiger partial charge in [0.05, 0.1) is 0 Å². The second-order valence-corrected chi connectivity index (χ2v) is 5.99. The summed E-state index contributed by atoms with van der Waals surface area (Å²) in [5.74, 6) is 0.985. The predicted octanol–water partition coefficient (Wildman–Crippen LogP) is 2.52. The number of piperidine rings is 1. The SMILES string of the molecule is CC(C)c1noc(N2CCC(C(C)CC(=O)O)CC2)n1. The molecule has 0 spiro atoms. The molecule has 20 heavy (non-hydrogen) atoms. The van der Waals surface area contributed by atoms with E-state index in [0.717, 1.165) is 31.8 Å². The zero-order valence-corrected chi connectivity index (χ0v) is 12.4. The largest absolute Gasteiger partial charge is 0.481 e. The van der Waals surface area contributed by atoms with Crippen molar-refractivity contribution in [3.63, 3.8) is 0 Å². The molecule has 1 unspecified atom stereocenters. The highest BCUT2D eigenvalue weighted by molar-refractivity contribution is 5.67. The fraction of sp³-hybridized carbons (Fsp3) is 0.786. The molecule has 0 aliphatic carbocycles. The summed E-state index contributed by atoms with van der Waals surface area (Å²) in [6.07, 6.45) is 2.21. The van der Waals surface area contributed by atoms with Crippen LogP contribution < -0.4 is 4.90 Å².